The van der Waals surface area contributed by atoms with Crippen LogP contribution >= 0.6 is 0 Å². The highest BCUT2D eigenvalue weighted by Gasteiger charge is 2.37. The molecule has 0 spiro atoms. The van der Waals surface area contributed by atoms with E-state index in [2.05, 4.69) is 42.3 Å². The molecule has 0 radical (unpaired) electrons. The van der Waals surface area contributed by atoms with Crippen LogP contribution in [-0.4, -0.2) is 50.4 Å². The number of hydrogen-bond acceptors (Lipinski definition) is 4. The standard InChI is InChI=1S/C17H26N2O2/c1-4-18-17-15-10-14(20-3)6-5-13(15)9-16(17)19-7-8-21-12(2)11-19/h5-6,10,12,16-18H,4,7-9,11H2,1-3H3. The van der Waals surface area contributed by atoms with E-state index in [9.17, 15) is 0 Å². The molecule has 1 aromatic carbocycles. The fraction of sp³-hybridized carbons (Fsp3) is 0.647. The third kappa shape index (κ3) is 2.93. The Morgan fingerprint density at radius 1 is 1.43 bits per heavy atom. The Balaban J connectivity index is 1.85. The van der Waals surface area contributed by atoms with Gasteiger partial charge in [-0.15, -0.1) is 0 Å². The Morgan fingerprint density at radius 3 is 3.00 bits per heavy atom. The first-order chi connectivity index (χ1) is 10.2. The average Bonchev–Trinajstić information content (AvgIpc) is 2.86. The monoisotopic (exact) mass is 290 g/mol. The van der Waals surface area contributed by atoms with Crippen LogP contribution in [0.5, 0.6) is 5.75 Å². The van der Waals surface area contributed by atoms with Crippen LogP contribution in [0.15, 0.2) is 18.2 Å². The fourth-order valence-corrected chi connectivity index (χ4v) is 3.68. The van der Waals surface area contributed by atoms with Gasteiger partial charge >= 0.3 is 0 Å². The highest BCUT2D eigenvalue weighted by Crippen LogP contribution is 2.37. The largest absolute Gasteiger partial charge is 0.497 e. The summed E-state index contributed by atoms with van der Waals surface area (Å²) in [5.41, 5.74) is 2.85. The fourth-order valence-electron chi connectivity index (χ4n) is 3.68. The quantitative estimate of drug-likeness (QED) is 0.919. The molecule has 0 saturated carbocycles. The van der Waals surface area contributed by atoms with Crippen LogP contribution in [0.3, 0.4) is 0 Å². The van der Waals surface area contributed by atoms with Gasteiger partial charge in [0.1, 0.15) is 5.75 Å². The van der Waals surface area contributed by atoms with Crippen molar-refractivity contribution in [2.75, 3.05) is 33.4 Å². The highest BCUT2D eigenvalue weighted by molar-refractivity contribution is 5.43. The van der Waals surface area contributed by atoms with Gasteiger partial charge in [-0.05, 0) is 43.1 Å². The first kappa shape index (κ1) is 14.8. The molecule has 3 rings (SSSR count). The molecule has 1 heterocycles. The number of nitrogens with one attached hydrogen (secondary N) is 1. The van der Waals surface area contributed by atoms with Crippen molar-refractivity contribution in [3.05, 3.63) is 29.3 Å². The van der Waals surface area contributed by atoms with Gasteiger partial charge in [0.05, 0.1) is 19.8 Å². The van der Waals surface area contributed by atoms with Crippen molar-refractivity contribution in [1.82, 2.24) is 10.2 Å². The molecular weight excluding hydrogens is 264 g/mol. The van der Waals surface area contributed by atoms with E-state index in [0.717, 1.165) is 38.4 Å². The van der Waals surface area contributed by atoms with Crippen LogP contribution in [0.1, 0.15) is 31.0 Å². The summed E-state index contributed by atoms with van der Waals surface area (Å²) < 4.78 is 11.1. The summed E-state index contributed by atoms with van der Waals surface area (Å²) in [6.45, 7) is 8.23. The number of methoxy groups -OCH3 is 1. The third-order valence-corrected chi connectivity index (χ3v) is 4.67. The molecule has 1 fully saturated rings. The van der Waals surface area contributed by atoms with Crippen LogP contribution in [0.2, 0.25) is 0 Å². The Morgan fingerprint density at radius 2 is 2.29 bits per heavy atom. The molecule has 3 unspecified atom stereocenters. The minimum Gasteiger partial charge on any atom is -0.497 e. The van der Waals surface area contributed by atoms with Crippen molar-refractivity contribution >= 4 is 0 Å². The highest BCUT2D eigenvalue weighted by atomic mass is 16.5. The molecular formula is C17H26N2O2. The SMILES string of the molecule is CCNC1c2cc(OC)ccc2CC1N1CCOC(C)C1. The molecule has 2 aliphatic rings. The second-order valence-electron chi connectivity index (χ2n) is 6.05. The van der Waals surface area contributed by atoms with Gasteiger partial charge in [0.25, 0.3) is 0 Å². The van der Waals surface area contributed by atoms with Gasteiger partial charge in [0.15, 0.2) is 0 Å². The smallest absolute Gasteiger partial charge is 0.119 e. The van der Waals surface area contributed by atoms with E-state index in [1.54, 1.807) is 7.11 Å². The number of likely N-dealkylation sites (N-methyl/N-ethyl adjacent to an activating group) is 1. The summed E-state index contributed by atoms with van der Waals surface area (Å²) in [6.07, 6.45) is 1.45. The Hall–Kier alpha value is -1.10. The predicted octanol–water partition coefficient (Wildman–Crippen LogP) is 1.99. The molecule has 3 atom stereocenters. The summed E-state index contributed by atoms with van der Waals surface area (Å²) in [5, 5.41) is 3.68. The zero-order chi connectivity index (χ0) is 14.8. The van der Waals surface area contributed by atoms with E-state index in [1.807, 2.05) is 0 Å². The molecule has 21 heavy (non-hydrogen) atoms. The lowest BCUT2D eigenvalue weighted by Crippen LogP contribution is -2.50. The molecule has 1 N–H and O–H groups in total. The van der Waals surface area contributed by atoms with E-state index >= 15 is 0 Å². The minimum atomic E-state index is 0.333. The van der Waals surface area contributed by atoms with Gasteiger partial charge in [0, 0.05) is 25.2 Å². The minimum absolute atomic E-state index is 0.333. The number of nitrogens with zero attached hydrogens (tertiary/aromatic N) is 1. The lowest BCUT2D eigenvalue weighted by molar-refractivity contribution is -0.0378. The third-order valence-electron chi connectivity index (χ3n) is 4.67. The van der Waals surface area contributed by atoms with Crippen molar-refractivity contribution < 1.29 is 9.47 Å². The van der Waals surface area contributed by atoms with Crippen LogP contribution in [0.4, 0.5) is 0 Å². The second-order valence-corrected chi connectivity index (χ2v) is 6.05. The van der Waals surface area contributed by atoms with Gasteiger partial charge in [0.2, 0.25) is 0 Å². The first-order valence-corrected chi connectivity index (χ1v) is 7.98. The number of rotatable bonds is 4. The molecule has 4 heteroatoms. The van der Waals surface area contributed by atoms with Gasteiger partial charge in [-0.25, -0.2) is 0 Å². The Kier molecular flexibility index (Phi) is 4.48. The van der Waals surface area contributed by atoms with E-state index in [4.69, 9.17) is 9.47 Å². The lowest BCUT2D eigenvalue weighted by Gasteiger charge is -2.38. The summed E-state index contributed by atoms with van der Waals surface area (Å²) in [7, 11) is 1.74. The molecule has 1 aliphatic carbocycles. The zero-order valence-corrected chi connectivity index (χ0v) is 13.3. The number of morpholine rings is 1. The maximum atomic E-state index is 5.69. The van der Waals surface area contributed by atoms with E-state index in [0.29, 0.717) is 18.2 Å². The van der Waals surface area contributed by atoms with Gasteiger partial charge in [-0.3, -0.25) is 4.90 Å². The van der Waals surface area contributed by atoms with Crippen LogP contribution in [0.25, 0.3) is 0 Å². The van der Waals surface area contributed by atoms with Gasteiger partial charge in [-0.2, -0.15) is 0 Å². The zero-order valence-electron chi connectivity index (χ0n) is 13.3. The van der Waals surface area contributed by atoms with Crippen molar-refractivity contribution in [3.8, 4) is 5.75 Å². The van der Waals surface area contributed by atoms with E-state index in [-0.39, 0.29) is 0 Å². The molecule has 4 nitrogen and oxygen atoms in total. The predicted molar refractivity (Wildman–Crippen MR) is 83.9 cm³/mol. The van der Waals surface area contributed by atoms with Crippen molar-refractivity contribution in [2.45, 2.75) is 38.5 Å². The number of fused-ring (bicyclic) bond motifs is 1. The average molecular weight is 290 g/mol. The molecule has 1 saturated heterocycles. The first-order valence-electron chi connectivity index (χ1n) is 7.98. The summed E-state index contributed by atoms with van der Waals surface area (Å²) >= 11 is 0. The normalized spacial score (nSPS) is 29.4. The van der Waals surface area contributed by atoms with E-state index in [1.165, 1.54) is 11.1 Å². The Labute approximate surface area is 127 Å². The maximum absolute atomic E-state index is 5.69. The number of hydrogen-bond donors (Lipinski definition) is 1. The molecule has 0 amide bonds. The van der Waals surface area contributed by atoms with Gasteiger partial charge in [-0.1, -0.05) is 13.0 Å². The molecule has 1 aliphatic heterocycles. The van der Waals surface area contributed by atoms with Crippen molar-refractivity contribution in [1.29, 1.82) is 0 Å². The summed E-state index contributed by atoms with van der Waals surface area (Å²) in [6, 6.07) is 7.42. The summed E-state index contributed by atoms with van der Waals surface area (Å²) in [5.74, 6) is 0.952. The van der Waals surface area contributed by atoms with Crippen molar-refractivity contribution in [2.24, 2.45) is 0 Å². The summed E-state index contributed by atoms with van der Waals surface area (Å²) in [4.78, 5) is 2.59. The number of benzene rings is 1. The molecule has 1 aromatic rings. The van der Waals surface area contributed by atoms with Crippen LogP contribution in [0, 0.1) is 0 Å². The van der Waals surface area contributed by atoms with Crippen molar-refractivity contribution in [3.63, 3.8) is 0 Å². The van der Waals surface area contributed by atoms with Crippen LogP contribution < -0.4 is 10.1 Å². The lowest BCUT2D eigenvalue weighted by atomic mass is 10.0. The van der Waals surface area contributed by atoms with E-state index < -0.39 is 0 Å². The topological polar surface area (TPSA) is 33.7 Å². The van der Waals surface area contributed by atoms with Crippen LogP contribution in [-0.2, 0) is 11.2 Å². The molecule has 0 aromatic heterocycles. The maximum Gasteiger partial charge on any atom is 0.119 e. The number of ether oxygens (including phenoxy) is 2. The molecule has 116 valence electrons. The van der Waals surface area contributed by atoms with Gasteiger partial charge < -0.3 is 14.8 Å². The molecule has 0 bridgehead atoms. The Bertz CT molecular complexity index is 492. The second kappa shape index (κ2) is 6.34.